The van der Waals surface area contributed by atoms with Crippen LogP contribution in [0.3, 0.4) is 0 Å². The first-order chi connectivity index (χ1) is 32.5. The number of amides is 3. The lowest BCUT2D eigenvalue weighted by molar-refractivity contribution is -0.214. The van der Waals surface area contributed by atoms with Gasteiger partial charge in [0.15, 0.2) is 6.04 Å². The van der Waals surface area contributed by atoms with Gasteiger partial charge in [0.2, 0.25) is 23.5 Å². The molecule has 4 aromatic rings. The Labute approximate surface area is 396 Å². The molecular formula is C53H60N4O11. The van der Waals surface area contributed by atoms with Crippen LogP contribution in [-0.4, -0.2) is 126 Å². The molecule has 15 nitrogen and oxygen atoms in total. The third-order valence-corrected chi connectivity index (χ3v) is 13.1. The molecule has 2 N–H and O–H groups in total. The van der Waals surface area contributed by atoms with Gasteiger partial charge < -0.3 is 39.2 Å². The van der Waals surface area contributed by atoms with Crippen molar-refractivity contribution >= 4 is 35.7 Å². The molecule has 3 heterocycles. The molecule has 3 amide bonds. The number of aliphatic hydroxyl groups is 1. The first-order valence-corrected chi connectivity index (χ1v) is 23.1. The van der Waals surface area contributed by atoms with E-state index in [-0.39, 0.29) is 38.1 Å². The molecule has 3 aliphatic heterocycles. The normalized spacial score (nSPS) is 24.6. The van der Waals surface area contributed by atoms with Crippen LogP contribution in [0.1, 0.15) is 67.9 Å². The molecule has 3 saturated heterocycles. The number of likely N-dealkylation sites (N-methyl/N-ethyl adjacent to an activating group) is 2. The third kappa shape index (κ3) is 9.72. The highest BCUT2D eigenvalue weighted by Crippen LogP contribution is 2.59. The summed E-state index contributed by atoms with van der Waals surface area (Å²) < 4.78 is 26.0. The van der Waals surface area contributed by atoms with E-state index in [1.807, 2.05) is 115 Å². The molecule has 0 aromatic heterocycles. The van der Waals surface area contributed by atoms with Crippen LogP contribution >= 0.6 is 0 Å². The quantitative estimate of drug-likeness (QED) is 0.115. The van der Waals surface area contributed by atoms with E-state index in [0.717, 1.165) is 16.7 Å². The molecular weight excluding hydrogens is 869 g/mol. The summed E-state index contributed by atoms with van der Waals surface area (Å²) in [5, 5.41) is 14.8. The molecule has 1 aliphatic carbocycles. The number of hydroxylamine groups is 2. The van der Waals surface area contributed by atoms with Crippen LogP contribution in [0.4, 0.5) is 0 Å². The van der Waals surface area contributed by atoms with Crippen LogP contribution < -0.4 is 5.32 Å². The molecule has 358 valence electrons. The second kappa shape index (κ2) is 19.8. The topological polar surface area (TPSA) is 173 Å². The van der Waals surface area contributed by atoms with Crippen molar-refractivity contribution in [3.63, 3.8) is 0 Å². The first-order valence-electron chi connectivity index (χ1n) is 23.1. The molecule has 68 heavy (non-hydrogen) atoms. The summed E-state index contributed by atoms with van der Waals surface area (Å²) in [5.41, 5.74) is 1.21. The Bertz CT molecular complexity index is 2460. The SMILES string of the molecule is CN(C)C(=O)C=Cc1cccc(CN2O[C@@H]3[C@H]4OC(c5ccccc5)(c5ccccc5)O[C@H]4[C@@H]4C[C@]3(C(=O)N(C)[C@H](Cc3ccccc3)C(=O)N[C@H](CO)CCC(=O)OC(C)(C)C)[C@@H]2C(=O)O4)c1. The average molecular weight is 929 g/mol. The highest BCUT2D eigenvalue weighted by Gasteiger charge is 2.77. The van der Waals surface area contributed by atoms with E-state index in [2.05, 4.69) is 5.32 Å². The molecule has 2 bridgehead atoms. The summed E-state index contributed by atoms with van der Waals surface area (Å²) in [4.78, 5) is 80.3. The van der Waals surface area contributed by atoms with Crippen LogP contribution in [0.15, 0.2) is 121 Å². The molecule has 4 aromatic carbocycles. The second-order valence-corrected chi connectivity index (χ2v) is 19.2. The summed E-state index contributed by atoms with van der Waals surface area (Å²) in [5.74, 6) is -3.94. The lowest BCUT2D eigenvalue weighted by Crippen LogP contribution is -2.70. The van der Waals surface area contributed by atoms with Crippen LogP contribution in [0.5, 0.6) is 0 Å². The fourth-order valence-corrected chi connectivity index (χ4v) is 9.86. The standard InChI is InChI=1S/C53H60N4O11/c1-51(2,3)65-43(60)28-26-39(33-58)54-48(61)40(30-34-17-10-7-11-18-34)56(6)50(63)52-31-41-44-45(67-53(66-44,37-21-12-8-13-22-37)38-23-14-9-15-24-38)47(52)68-57(46(52)49(62)64-41)32-36-20-16-19-35(29-36)25-27-42(59)55(4)5/h7-25,27,29,39-41,44-47,58H,26,28,30-33H2,1-6H3,(H,54,61)/t39-,40+,41-,44-,45-,46-,47+,52-/m0/s1. The predicted octanol–water partition coefficient (Wildman–Crippen LogP) is 4.94. The Hall–Kier alpha value is -6.23. The van der Waals surface area contributed by atoms with Crippen molar-refractivity contribution in [2.24, 2.45) is 5.41 Å². The van der Waals surface area contributed by atoms with E-state index in [0.29, 0.717) is 11.1 Å². The Balaban J connectivity index is 1.18. The fourth-order valence-electron chi connectivity index (χ4n) is 9.86. The number of ether oxygens (including phenoxy) is 4. The van der Waals surface area contributed by atoms with Gasteiger partial charge in [0.25, 0.3) is 0 Å². The van der Waals surface area contributed by atoms with Gasteiger partial charge in [0.05, 0.1) is 19.2 Å². The minimum absolute atomic E-state index is 0.0117. The van der Waals surface area contributed by atoms with Gasteiger partial charge in [-0.15, -0.1) is 0 Å². The summed E-state index contributed by atoms with van der Waals surface area (Å²) in [6, 6.07) is 32.3. The zero-order chi connectivity index (χ0) is 48.4. The van der Waals surface area contributed by atoms with Gasteiger partial charge in [-0.3, -0.25) is 28.8 Å². The summed E-state index contributed by atoms with van der Waals surface area (Å²) in [6.07, 6.45) is -0.647. The number of esters is 2. The molecule has 0 spiro atoms. The smallest absolute Gasteiger partial charge is 0.327 e. The zero-order valence-electron chi connectivity index (χ0n) is 39.3. The maximum atomic E-state index is 16.0. The number of fused-ring (bicyclic) bond motifs is 4. The van der Waals surface area contributed by atoms with Crippen LogP contribution in [0.25, 0.3) is 6.08 Å². The largest absolute Gasteiger partial charge is 0.460 e. The summed E-state index contributed by atoms with van der Waals surface area (Å²) >= 11 is 0. The van der Waals surface area contributed by atoms with Crippen molar-refractivity contribution in [2.45, 2.75) is 107 Å². The first kappa shape index (κ1) is 48.2. The molecule has 0 unspecified atom stereocenters. The van der Waals surface area contributed by atoms with Crippen molar-refractivity contribution in [1.82, 2.24) is 20.2 Å². The minimum atomic E-state index is -1.67. The molecule has 15 heteroatoms. The highest BCUT2D eigenvalue weighted by atomic mass is 16.8. The number of carbonyl (C=O) groups is 5. The third-order valence-electron chi connectivity index (χ3n) is 13.1. The molecule has 0 radical (unpaired) electrons. The maximum Gasteiger partial charge on any atom is 0.327 e. The Morgan fingerprint density at radius 1 is 0.868 bits per heavy atom. The molecule has 1 saturated carbocycles. The number of nitrogens with zero attached hydrogens (tertiary/aromatic N) is 3. The Morgan fingerprint density at radius 3 is 2.10 bits per heavy atom. The van der Waals surface area contributed by atoms with Gasteiger partial charge in [0.1, 0.15) is 41.5 Å². The van der Waals surface area contributed by atoms with Gasteiger partial charge in [-0.25, -0.2) is 0 Å². The van der Waals surface area contributed by atoms with Crippen molar-refractivity contribution in [3.05, 3.63) is 149 Å². The lowest BCUT2D eigenvalue weighted by atomic mass is 9.62. The lowest BCUT2D eigenvalue weighted by Gasteiger charge is -2.50. The van der Waals surface area contributed by atoms with Gasteiger partial charge in [-0.05, 0) is 50.0 Å². The van der Waals surface area contributed by atoms with Crippen molar-refractivity contribution < 1.29 is 52.9 Å². The summed E-state index contributed by atoms with van der Waals surface area (Å²) in [7, 11) is 4.87. The van der Waals surface area contributed by atoms with E-state index in [4.69, 9.17) is 23.8 Å². The van der Waals surface area contributed by atoms with Gasteiger partial charge in [0, 0.05) is 57.6 Å². The number of hydrogen-bond donors (Lipinski definition) is 2. The van der Waals surface area contributed by atoms with Gasteiger partial charge >= 0.3 is 11.9 Å². The molecule has 4 fully saturated rings. The number of benzene rings is 4. The number of aliphatic hydroxyl groups excluding tert-OH is 1. The molecule has 4 aliphatic rings. The number of rotatable bonds is 16. The van der Waals surface area contributed by atoms with E-state index in [1.165, 1.54) is 20.9 Å². The van der Waals surface area contributed by atoms with E-state index >= 15 is 4.79 Å². The Morgan fingerprint density at radius 2 is 1.49 bits per heavy atom. The number of nitrogens with one attached hydrogen (secondary N) is 1. The van der Waals surface area contributed by atoms with Gasteiger partial charge in [-0.1, -0.05) is 115 Å². The molecule has 8 rings (SSSR count). The van der Waals surface area contributed by atoms with E-state index < -0.39 is 89.7 Å². The predicted molar refractivity (Wildman–Crippen MR) is 250 cm³/mol. The fraction of sp³-hybridized carbons (Fsp3) is 0.415. The minimum Gasteiger partial charge on any atom is -0.460 e. The summed E-state index contributed by atoms with van der Waals surface area (Å²) in [6.45, 7) is 4.85. The monoisotopic (exact) mass is 928 g/mol. The zero-order valence-corrected chi connectivity index (χ0v) is 39.3. The van der Waals surface area contributed by atoms with Crippen LogP contribution in [-0.2, 0) is 66.5 Å². The van der Waals surface area contributed by atoms with Crippen LogP contribution in [0.2, 0.25) is 0 Å². The average Bonchev–Trinajstić information content (AvgIpc) is 3.91. The maximum absolute atomic E-state index is 16.0. The van der Waals surface area contributed by atoms with Crippen molar-refractivity contribution in [2.75, 3.05) is 27.7 Å². The molecule has 8 atom stereocenters. The van der Waals surface area contributed by atoms with Crippen LogP contribution in [0, 0.1) is 5.41 Å². The Kier molecular flexibility index (Phi) is 14.0. The highest BCUT2D eigenvalue weighted by molar-refractivity contribution is 5.96. The number of hydrogen-bond acceptors (Lipinski definition) is 12. The number of carbonyl (C=O) groups excluding carboxylic acids is 5. The van der Waals surface area contributed by atoms with Crippen molar-refractivity contribution in [1.29, 1.82) is 0 Å². The van der Waals surface area contributed by atoms with E-state index in [9.17, 15) is 24.3 Å². The second-order valence-electron chi connectivity index (χ2n) is 19.2. The van der Waals surface area contributed by atoms with Crippen molar-refractivity contribution in [3.8, 4) is 0 Å². The van der Waals surface area contributed by atoms with Gasteiger partial charge in [-0.2, -0.15) is 5.06 Å². The van der Waals surface area contributed by atoms with E-state index in [1.54, 1.807) is 48.0 Å².